The van der Waals surface area contributed by atoms with E-state index < -0.39 is 0 Å². The summed E-state index contributed by atoms with van der Waals surface area (Å²) in [5, 5.41) is 2.65. The van der Waals surface area contributed by atoms with Crippen molar-refractivity contribution in [3.05, 3.63) is 34.8 Å². The topological polar surface area (TPSA) is 14.0 Å². The molecule has 1 atom stereocenters. The number of nitrogens with one attached hydrogen (secondary N) is 1. The molecule has 0 saturated heterocycles. The highest BCUT2D eigenvalue weighted by atomic mass is 14.7. The van der Waals surface area contributed by atoms with Crippen LogP contribution < -0.4 is 15.6 Å². The van der Waals surface area contributed by atoms with Gasteiger partial charge in [-0.05, 0) is 12.5 Å². The molecule has 0 fully saturated rings. The maximum atomic E-state index is 3.47. The molecule has 0 radical (unpaired) electrons. The quantitative estimate of drug-likeness (QED) is 0.627. The Kier molecular flexibility index (Phi) is 2.44. The van der Waals surface area contributed by atoms with Crippen molar-refractivity contribution in [3.63, 3.8) is 0 Å². The first-order chi connectivity index (χ1) is 6.40. The molecule has 1 aliphatic heterocycles. The van der Waals surface area contributed by atoms with Gasteiger partial charge in [-0.1, -0.05) is 31.6 Å². The van der Waals surface area contributed by atoms with Crippen LogP contribution in [0.25, 0.3) is 6.08 Å². The molecule has 1 unspecified atom stereocenters. The van der Waals surface area contributed by atoms with Gasteiger partial charge in [0.2, 0.25) is 5.36 Å². The second kappa shape index (κ2) is 3.73. The summed E-state index contributed by atoms with van der Waals surface area (Å²) < 4.78 is 0. The molecule has 1 N–H and O–H groups in total. The van der Waals surface area contributed by atoms with Crippen LogP contribution in [0.5, 0.6) is 0 Å². The lowest BCUT2D eigenvalue weighted by Crippen LogP contribution is -2.82. The van der Waals surface area contributed by atoms with Crippen LogP contribution in [-0.4, -0.2) is 6.54 Å². The summed E-state index contributed by atoms with van der Waals surface area (Å²) in [6.07, 6.45) is 4.96. The molecule has 0 bridgehead atoms. The van der Waals surface area contributed by atoms with Crippen molar-refractivity contribution >= 4 is 6.08 Å². The molecule has 1 aliphatic rings. The molecule has 0 spiro atoms. The molecule has 1 heteroatoms. The molecule has 1 heterocycles. The lowest BCUT2D eigenvalue weighted by atomic mass is 10.0. The van der Waals surface area contributed by atoms with E-state index in [0.29, 0.717) is 0 Å². The maximum Gasteiger partial charge on any atom is 0.205 e. The fraction of sp³-hybridized carbons (Fsp3) is 0.417. The Labute approximate surface area is 78.8 Å². The van der Waals surface area contributed by atoms with E-state index in [0.717, 1.165) is 12.5 Å². The van der Waals surface area contributed by atoms with Gasteiger partial charge < -0.3 is 0 Å². The molecule has 0 saturated carbocycles. The SMILES string of the molecule is CCCC1C=c2ccccc2=[NH+]C1. The van der Waals surface area contributed by atoms with Gasteiger partial charge in [0.1, 0.15) is 6.54 Å². The zero-order chi connectivity index (χ0) is 9.10. The molecule has 13 heavy (non-hydrogen) atoms. The molecule has 1 nitrogen and oxygen atoms in total. The first kappa shape index (κ1) is 8.49. The summed E-state index contributed by atoms with van der Waals surface area (Å²) >= 11 is 0. The third-order valence-corrected chi connectivity index (χ3v) is 2.59. The third-order valence-electron chi connectivity index (χ3n) is 2.59. The molecule has 0 aromatic heterocycles. The first-order valence-electron chi connectivity index (χ1n) is 5.08. The molecule has 0 aliphatic carbocycles. The average molecular weight is 174 g/mol. The molecule has 1 aromatic rings. The van der Waals surface area contributed by atoms with Gasteiger partial charge in [-0.2, -0.15) is 0 Å². The summed E-state index contributed by atoms with van der Waals surface area (Å²) in [5.74, 6) is 0.722. The largest absolute Gasteiger partial charge is 0.241 e. The molecule has 2 rings (SSSR count). The Morgan fingerprint density at radius 3 is 3.08 bits per heavy atom. The van der Waals surface area contributed by atoms with E-state index in [2.05, 4.69) is 42.3 Å². The van der Waals surface area contributed by atoms with Crippen LogP contribution >= 0.6 is 0 Å². The second-order valence-electron chi connectivity index (χ2n) is 3.68. The van der Waals surface area contributed by atoms with E-state index in [9.17, 15) is 0 Å². The van der Waals surface area contributed by atoms with Crippen LogP contribution in [0.4, 0.5) is 0 Å². The highest BCUT2D eigenvalue weighted by Gasteiger charge is 2.10. The number of hydrogen-bond donors (Lipinski definition) is 1. The summed E-state index contributed by atoms with van der Waals surface area (Å²) in [4.78, 5) is 3.47. The van der Waals surface area contributed by atoms with Gasteiger partial charge in [-0.3, -0.25) is 0 Å². The predicted octanol–water partition coefficient (Wildman–Crippen LogP) is -0.403. The minimum absolute atomic E-state index is 0.722. The third kappa shape index (κ3) is 1.80. The van der Waals surface area contributed by atoms with Crippen molar-refractivity contribution in [2.45, 2.75) is 19.8 Å². The molecule has 68 valence electrons. The van der Waals surface area contributed by atoms with Crippen molar-refractivity contribution in [2.24, 2.45) is 5.92 Å². The van der Waals surface area contributed by atoms with Crippen LogP contribution in [0.15, 0.2) is 24.3 Å². The van der Waals surface area contributed by atoms with Crippen molar-refractivity contribution in [1.82, 2.24) is 0 Å². The highest BCUT2D eigenvalue weighted by Crippen LogP contribution is 2.04. The van der Waals surface area contributed by atoms with Gasteiger partial charge >= 0.3 is 0 Å². The van der Waals surface area contributed by atoms with Crippen LogP contribution in [-0.2, 0) is 0 Å². The van der Waals surface area contributed by atoms with E-state index in [1.54, 1.807) is 0 Å². The van der Waals surface area contributed by atoms with Gasteiger partial charge in [0, 0.05) is 17.2 Å². The Balaban J connectivity index is 2.38. The Bertz CT molecular complexity index is 392. The Morgan fingerprint density at radius 2 is 2.23 bits per heavy atom. The Morgan fingerprint density at radius 1 is 1.38 bits per heavy atom. The van der Waals surface area contributed by atoms with Gasteiger partial charge in [0.25, 0.3) is 0 Å². The van der Waals surface area contributed by atoms with Gasteiger partial charge in [0.05, 0.1) is 0 Å². The minimum atomic E-state index is 0.722. The minimum Gasteiger partial charge on any atom is -0.241 e. The smallest absolute Gasteiger partial charge is 0.205 e. The fourth-order valence-electron chi connectivity index (χ4n) is 1.91. The van der Waals surface area contributed by atoms with E-state index >= 15 is 0 Å². The zero-order valence-electron chi connectivity index (χ0n) is 8.09. The van der Waals surface area contributed by atoms with E-state index in [-0.39, 0.29) is 0 Å². The summed E-state index contributed by atoms with van der Waals surface area (Å²) in [7, 11) is 0. The molecule has 1 aromatic carbocycles. The number of hydrogen-bond acceptors (Lipinski definition) is 0. The lowest BCUT2D eigenvalue weighted by Gasteiger charge is -2.07. The second-order valence-corrected chi connectivity index (χ2v) is 3.68. The molecular weight excluding hydrogens is 158 g/mol. The van der Waals surface area contributed by atoms with Crippen LogP contribution in [0.2, 0.25) is 0 Å². The van der Waals surface area contributed by atoms with E-state index in [4.69, 9.17) is 0 Å². The maximum absolute atomic E-state index is 3.47. The number of benzene rings is 1. The van der Waals surface area contributed by atoms with Crippen LogP contribution in [0.3, 0.4) is 0 Å². The van der Waals surface area contributed by atoms with E-state index in [1.165, 1.54) is 23.4 Å². The summed E-state index contributed by atoms with van der Waals surface area (Å²) in [5.41, 5.74) is 0. The zero-order valence-corrected chi connectivity index (χ0v) is 8.09. The number of rotatable bonds is 2. The molecule has 0 amide bonds. The normalized spacial score (nSPS) is 19.9. The first-order valence-corrected chi connectivity index (χ1v) is 5.08. The standard InChI is InChI=1S/C12H15N/c1-2-5-10-8-11-6-3-4-7-12(11)13-9-10/h3-4,6-8,10H,2,5,9H2,1H3/p+1. The van der Waals surface area contributed by atoms with Crippen molar-refractivity contribution in [2.75, 3.05) is 6.54 Å². The summed E-state index contributed by atoms with van der Waals surface area (Å²) in [6, 6.07) is 8.52. The van der Waals surface area contributed by atoms with Gasteiger partial charge in [-0.15, -0.1) is 0 Å². The van der Waals surface area contributed by atoms with Crippen molar-refractivity contribution < 1.29 is 4.99 Å². The number of fused-ring (bicyclic) bond motifs is 1. The van der Waals surface area contributed by atoms with Gasteiger partial charge in [-0.25, -0.2) is 4.99 Å². The van der Waals surface area contributed by atoms with Crippen LogP contribution in [0.1, 0.15) is 19.8 Å². The van der Waals surface area contributed by atoms with Gasteiger partial charge in [0.15, 0.2) is 0 Å². The van der Waals surface area contributed by atoms with Crippen molar-refractivity contribution in [3.8, 4) is 0 Å². The summed E-state index contributed by atoms with van der Waals surface area (Å²) in [6.45, 7) is 3.35. The lowest BCUT2D eigenvalue weighted by molar-refractivity contribution is -0.508. The fourth-order valence-corrected chi connectivity index (χ4v) is 1.91. The Hall–Kier alpha value is -1.11. The number of para-hydroxylation sites is 1. The average Bonchev–Trinajstić information content (AvgIpc) is 2.18. The predicted molar refractivity (Wildman–Crippen MR) is 53.5 cm³/mol. The van der Waals surface area contributed by atoms with E-state index in [1.807, 2.05) is 0 Å². The monoisotopic (exact) mass is 174 g/mol. The van der Waals surface area contributed by atoms with Crippen molar-refractivity contribution in [1.29, 1.82) is 0 Å². The van der Waals surface area contributed by atoms with Crippen LogP contribution in [0, 0.1) is 5.92 Å². The molecular formula is C12H16N+. The highest BCUT2D eigenvalue weighted by molar-refractivity contribution is 5.26.